The minimum Gasteiger partial charge on any atom is -0.357 e. The van der Waals surface area contributed by atoms with E-state index >= 15 is 0 Å². The number of hydrogen-bond acceptors (Lipinski definition) is 5. The molecular formula is C16H23F3IN7S. The predicted molar refractivity (Wildman–Crippen MR) is 112 cm³/mol. The minimum absolute atomic E-state index is 0. The Morgan fingerprint density at radius 3 is 2.79 bits per heavy atom. The maximum Gasteiger partial charge on any atom is 0.434 e. The van der Waals surface area contributed by atoms with E-state index in [1.807, 2.05) is 6.92 Å². The minimum atomic E-state index is -4.42. The van der Waals surface area contributed by atoms with Crippen molar-refractivity contribution in [2.75, 3.05) is 6.54 Å². The van der Waals surface area contributed by atoms with Gasteiger partial charge < -0.3 is 15.2 Å². The molecule has 0 unspecified atom stereocenters. The van der Waals surface area contributed by atoms with Crippen LogP contribution in [0, 0.1) is 0 Å². The summed E-state index contributed by atoms with van der Waals surface area (Å²) in [7, 11) is 0. The lowest BCUT2D eigenvalue weighted by Crippen LogP contribution is -2.36. The van der Waals surface area contributed by atoms with Gasteiger partial charge in [0.1, 0.15) is 17.4 Å². The number of aromatic nitrogens is 4. The number of thiazole rings is 1. The first-order chi connectivity index (χ1) is 13.0. The van der Waals surface area contributed by atoms with E-state index < -0.39 is 11.9 Å². The van der Waals surface area contributed by atoms with Crippen LogP contribution in [-0.4, -0.2) is 32.3 Å². The third-order valence-corrected chi connectivity index (χ3v) is 5.01. The third kappa shape index (κ3) is 6.03. The summed E-state index contributed by atoms with van der Waals surface area (Å²) < 4.78 is 40.0. The number of guanidine groups is 1. The van der Waals surface area contributed by atoms with Crippen LogP contribution in [0.3, 0.4) is 0 Å². The maximum absolute atomic E-state index is 12.6. The number of nitrogens with zero attached hydrogens (tertiary/aromatic N) is 5. The van der Waals surface area contributed by atoms with Gasteiger partial charge in [-0.25, -0.2) is 9.98 Å². The van der Waals surface area contributed by atoms with Crippen molar-refractivity contribution in [1.29, 1.82) is 0 Å². The molecular weight excluding hydrogens is 506 g/mol. The topological polar surface area (TPSA) is 80.0 Å². The Morgan fingerprint density at radius 2 is 2.07 bits per heavy atom. The molecule has 3 rings (SSSR count). The van der Waals surface area contributed by atoms with Crippen molar-refractivity contribution in [3.8, 4) is 0 Å². The molecule has 0 spiro atoms. The van der Waals surface area contributed by atoms with Crippen LogP contribution in [0.4, 0.5) is 13.2 Å². The van der Waals surface area contributed by atoms with Crippen LogP contribution < -0.4 is 10.6 Å². The molecule has 156 valence electrons. The first-order valence-electron chi connectivity index (χ1n) is 8.92. The number of rotatable bonds is 5. The third-order valence-electron chi connectivity index (χ3n) is 4.16. The zero-order valence-corrected chi connectivity index (χ0v) is 18.6. The Labute approximate surface area is 182 Å². The summed E-state index contributed by atoms with van der Waals surface area (Å²) in [5.74, 6) is 2.31. The molecule has 12 heteroatoms. The summed E-state index contributed by atoms with van der Waals surface area (Å²) in [5.41, 5.74) is -0.864. The Kier molecular flexibility index (Phi) is 8.46. The van der Waals surface area contributed by atoms with E-state index in [1.54, 1.807) is 0 Å². The SMILES string of the molecule is CCNC(=NCc1nnc2n1CCCCC2)NCc1nc(C(F)(F)F)cs1.I. The summed E-state index contributed by atoms with van der Waals surface area (Å²) >= 11 is 0.970. The van der Waals surface area contributed by atoms with Crippen molar-refractivity contribution in [3.63, 3.8) is 0 Å². The van der Waals surface area contributed by atoms with E-state index in [0.717, 1.165) is 54.2 Å². The molecule has 0 saturated heterocycles. The molecule has 7 nitrogen and oxygen atoms in total. The highest BCUT2D eigenvalue weighted by atomic mass is 127. The fraction of sp³-hybridized carbons (Fsp3) is 0.625. The highest BCUT2D eigenvalue weighted by Crippen LogP contribution is 2.29. The number of halogens is 4. The molecule has 1 aliphatic heterocycles. The van der Waals surface area contributed by atoms with Gasteiger partial charge in [0.15, 0.2) is 17.5 Å². The summed E-state index contributed by atoms with van der Waals surface area (Å²) in [4.78, 5) is 8.10. The largest absolute Gasteiger partial charge is 0.434 e. The zero-order valence-electron chi connectivity index (χ0n) is 15.4. The molecule has 28 heavy (non-hydrogen) atoms. The van der Waals surface area contributed by atoms with Crippen molar-refractivity contribution >= 4 is 41.3 Å². The average molecular weight is 529 g/mol. The molecule has 0 aromatic carbocycles. The number of hydrogen-bond donors (Lipinski definition) is 2. The molecule has 2 aromatic rings. The maximum atomic E-state index is 12.6. The zero-order chi connectivity index (χ0) is 19.3. The van der Waals surface area contributed by atoms with Crippen LogP contribution in [0.5, 0.6) is 0 Å². The van der Waals surface area contributed by atoms with Gasteiger partial charge in [0.05, 0.1) is 6.54 Å². The lowest BCUT2D eigenvalue weighted by molar-refractivity contribution is -0.140. The highest BCUT2D eigenvalue weighted by molar-refractivity contribution is 14.0. The molecule has 0 bridgehead atoms. The lowest BCUT2D eigenvalue weighted by Gasteiger charge is -2.10. The molecule has 0 aliphatic carbocycles. The molecule has 0 amide bonds. The van der Waals surface area contributed by atoms with Crippen molar-refractivity contribution < 1.29 is 13.2 Å². The molecule has 2 N–H and O–H groups in total. The standard InChI is InChI=1S/C16H22F3N7S.HI/c1-2-20-15(22-9-14-23-11(10-27-14)16(17,18)19)21-8-13-25-24-12-6-4-3-5-7-26(12)13;/h10H,2-9H2,1H3,(H2,20,21,22);1H. The van der Waals surface area contributed by atoms with Crippen LogP contribution in [-0.2, 0) is 32.2 Å². The molecule has 0 fully saturated rings. The van der Waals surface area contributed by atoms with Gasteiger partial charge in [0.2, 0.25) is 0 Å². The van der Waals surface area contributed by atoms with Crippen LogP contribution in [0.25, 0.3) is 0 Å². The molecule has 2 aromatic heterocycles. The number of fused-ring (bicyclic) bond motifs is 1. The summed E-state index contributed by atoms with van der Waals surface area (Å²) in [6.45, 7) is 3.98. The van der Waals surface area contributed by atoms with Gasteiger partial charge in [-0.1, -0.05) is 6.42 Å². The lowest BCUT2D eigenvalue weighted by atomic mass is 10.2. The number of aryl methyl sites for hydroxylation is 1. The van der Waals surface area contributed by atoms with Crippen LogP contribution >= 0.6 is 35.3 Å². The Bertz CT molecular complexity index is 788. The second-order valence-corrected chi connectivity index (χ2v) is 7.11. The number of nitrogens with one attached hydrogen (secondary N) is 2. The molecule has 1 aliphatic rings. The van der Waals surface area contributed by atoms with Crippen LogP contribution in [0.1, 0.15) is 48.5 Å². The van der Waals surface area contributed by atoms with E-state index in [2.05, 4.69) is 35.4 Å². The molecule has 0 radical (unpaired) electrons. The van der Waals surface area contributed by atoms with Gasteiger partial charge >= 0.3 is 6.18 Å². The number of alkyl halides is 3. The second-order valence-electron chi connectivity index (χ2n) is 6.17. The fourth-order valence-corrected chi connectivity index (χ4v) is 3.58. The van der Waals surface area contributed by atoms with Crippen LogP contribution in [0.15, 0.2) is 10.4 Å². The quantitative estimate of drug-likeness (QED) is 0.353. The van der Waals surface area contributed by atoms with Gasteiger partial charge in [-0.05, 0) is 19.8 Å². The van der Waals surface area contributed by atoms with Gasteiger partial charge in [-0.2, -0.15) is 13.2 Å². The fourth-order valence-electron chi connectivity index (χ4n) is 2.84. The second kappa shape index (κ2) is 10.4. The first kappa shape index (κ1) is 22.8. The van der Waals surface area contributed by atoms with Gasteiger partial charge in [-0.3, -0.25) is 0 Å². The molecule has 3 heterocycles. The Hall–Kier alpha value is -1.44. The van der Waals surface area contributed by atoms with Crippen LogP contribution in [0.2, 0.25) is 0 Å². The predicted octanol–water partition coefficient (Wildman–Crippen LogP) is 3.35. The first-order valence-corrected chi connectivity index (χ1v) is 9.80. The monoisotopic (exact) mass is 529 g/mol. The van der Waals surface area contributed by atoms with E-state index in [9.17, 15) is 13.2 Å². The summed E-state index contributed by atoms with van der Waals surface area (Å²) in [6.07, 6.45) is -0.0750. The molecule has 0 atom stereocenters. The van der Waals surface area contributed by atoms with E-state index in [1.165, 1.54) is 6.42 Å². The summed E-state index contributed by atoms with van der Waals surface area (Å²) in [6, 6.07) is 0. The van der Waals surface area contributed by atoms with E-state index in [4.69, 9.17) is 0 Å². The van der Waals surface area contributed by atoms with Crippen molar-refractivity contribution in [1.82, 2.24) is 30.4 Å². The van der Waals surface area contributed by atoms with Gasteiger partial charge in [-0.15, -0.1) is 45.5 Å². The van der Waals surface area contributed by atoms with Crippen molar-refractivity contribution in [3.05, 3.63) is 27.7 Å². The Morgan fingerprint density at radius 1 is 1.25 bits per heavy atom. The van der Waals surface area contributed by atoms with Gasteiger partial charge in [0.25, 0.3) is 0 Å². The smallest absolute Gasteiger partial charge is 0.357 e. The number of aliphatic imine (C=N–C) groups is 1. The average Bonchev–Trinajstić information content (AvgIpc) is 3.19. The van der Waals surface area contributed by atoms with E-state index in [0.29, 0.717) is 24.1 Å². The summed E-state index contributed by atoms with van der Waals surface area (Å²) in [5, 5.41) is 16.0. The van der Waals surface area contributed by atoms with Gasteiger partial charge in [0, 0.05) is 24.9 Å². The van der Waals surface area contributed by atoms with Crippen molar-refractivity contribution in [2.24, 2.45) is 4.99 Å². The Balaban J connectivity index is 0.00000280. The van der Waals surface area contributed by atoms with E-state index in [-0.39, 0.29) is 30.5 Å². The normalized spacial score (nSPS) is 14.8. The molecule has 0 saturated carbocycles. The van der Waals surface area contributed by atoms with Crippen molar-refractivity contribution in [2.45, 2.75) is 58.4 Å². The highest BCUT2D eigenvalue weighted by Gasteiger charge is 2.33.